The predicted octanol–water partition coefficient (Wildman–Crippen LogP) is 3.70. The molecule has 3 heterocycles. The number of nitrogens with one attached hydrogen (secondary N) is 1. The van der Waals surface area contributed by atoms with Crippen molar-refractivity contribution in [1.29, 1.82) is 0 Å². The number of aromatic nitrogens is 1. The van der Waals surface area contributed by atoms with E-state index in [0.717, 1.165) is 35.2 Å². The maximum atomic E-state index is 13.6. The Labute approximate surface area is 196 Å². The van der Waals surface area contributed by atoms with Crippen molar-refractivity contribution in [2.45, 2.75) is 12.8 Å². The molecule has 2 saturated heterocycles. The molecule has 0 saturated carbocycles. The highest BCUT2D eigenvalue weighted by Gasteiger charge is 2.37. The first kappa shape index (κ1) is 21.8. The number of anilines is 1. The largest absolute Gasteiger partial charge is 0.368 e. The minimum atomic E-state index is -0.296. The van der Waals surface area contributed by atoms with Gasteiger partial charge in [-0.1, -0.05) is 17.7 Å². The smallest absolute Gasteiger partial charge is 0.228 e. The molecule has 6 nitrogen and oxygen atoms in total. The second-order valence-electron chi connectivity index (χ2n) is 8.79. The lowest BCUT2D eigenvalue weighted by Gasteiger charge is -2.37. The molecular formula is C25H26ClFN4O2. The zero-order chi connectivity index (χ0) is 22.9. The van der Waals surface area contributed by atoms with Gasteiger partial charge in [-0.3, -0.25) is 9.59 Å². The lowest BCUT2D eigenvalue weighted by Crippen LogP contribution is -2.50. The van der Waals surface area contributed by atoms with Gasteiger partial charge in [-0.2, -0.15) is 0 Å². The first-order chi connectivity index (χ1) is 16.0. The molecule has 3 aromatic rings. The van der Waals surface area contributed by atoms with Gasteiger partial charge in [0.25, 0.3) is 0 Å². The van der Waals surface area contributed by atoms with Crippen LogP contribution < -0.4 is 4.90 Å². The average Bonchev–Trinajstić information content (AvgIpc) is 3.40. The second kappa shape index (κ2) is 9.06. The van der Waals surface area contributed by atoms with E-state index in [-0.39, 0.29) is 30.0 Å². The van der Waals surface area contributed by atoms with Crippen molar-refractivity contribution in [1.82, 2.24) is 14.8 Å². The number of nitrogens with zero attached hydrogens (tertiary/aromatic N) is 3. The maximum Gasteiger partial charge on any atom is 0.228 e. The van der Waals surface area contributed by atoms with Gasteiger partial charge in [0.05, 0.1) is 5.92 Å². The van der Waals surface area contributed by atoms with Crippen LogP contribution in [0.15, 0.2) is 48.7 Å². The van der Waals surface area contributed by atoms with Crippen LogP contribution in [0.5, 0.6) is 0 Å². The molecule has 8 heteroatoms. The van der Waals surface area contributed by atoms with Crippen LogP contribution in [0.3, 0.4) is 0 Å². The first-order valence-corrected chi connectivity index (χ1v) is 11.7. The predicted molar refractivity (Wildman–Crippen MR) is 127 cm³/mol. The summed E-state index contributed by atoms with van der Waals surface area (Å²) < 4.78 is 13.6. The van der Waals surface area contributed by atoms with Crippen LogP contribution in [0.1, 0.15) is 12.0 Å². The van der Waals surface area contributed by atoms with Gasteiger partial charge in [0.2, 0.25) is 11.8 Å². The SMILES string of the molecule is O=C1C[C@@H](C(=O)N2CCN(c3cccc(Cl)c3)CC2)CN1CCc1c[nH]c2ccc(F)cc12. The number of benzene rings is 2. The lowest BCUT2D eigenvalue weighted by atomic mass is 10.1. The molecule has 1 N–H and O–H groups in total. The van der Waals surface area contributed by atoms with Gasteiger partial charge in [0.1, 0.15) is 5.82 Å². The Kier molecular flexibility index (Phi) is 5.98. The van der Waals surface area contributed by atoms with Crippen LogP contribution in [0.25, 0.3) is 10.9 Å². The van der Waals surface area contributed by atoms with Gasteiger partial charge in [-0.05, 0) is 48.4 Å². The van der Waals surface area contributed by atoms with Crippen molar-refractivity contribution in [3.63, 3.8) is 0 Å². The minimum absolute atomic E-state index is 0.0111. The Morgan fingerprint density at radius 3 is 2.73 bits per heavy atom. The zero-order valence-corrected chi connectivity index (χ0v) is 19.0. The molecule has 0 bridgehead atoms. The summed E-state index contributed by atoms with van der Waals surface area (Å²) in [6, 6.07) is 12.4. The summed E-state index contributed by atoms with van der Waals surface area (Å²) in [4.78, 5) is 34.7. The fourth-order valence-corrected chi connectivity index (χ4v) is 5.07. The van der Waals surface area contributed by atoms with E-state index in [9.17, 15) is 14.0 Å². The minimum Gasteiger partial charge on any atom is -0.368 e. The second-order valence-corrected chi connectivity index (χ2v) is 9.22. The van der Waals surface area contributed by atoms with Gasteiger partial charge < -0.3 is 19.7 Å². The van der Waals surface area contributed by atoms with E-state index in [1.54, 1.807) is 11.0 Å². The third kappa shape index (κ3) is 4.55. The fraction of sp³-hybridized carbons (Fsp3) is 0.360. The number of carbonyl (C=O) groups is 2. The molecule has 2 fully saturated rings. The Morgan fingerprint density at radius 2 is 1.94 bits per heavy atom. The Bertz CT molecular complexity index is 1190. The summed E-state index contributed by atoms with van der Waals surface area (Å²) in [6.45, 7) is 3.73. The van der Waals surface area contributed by atoms with Crippen LogP contribution in [0.4, 0.5) is 10.1 Å². The van der Waals surface area contributed by atoms with E-state index in [1.165, 1.54) is 12.1 Å². The number of rotatable bonds is 5. The number of H-pyrrole nitrogens is 1. The third-order valence-electron chi connectivity index (χ3n) is 6.71. The number of hydrogen-bond donors (Lipinski definition) is 1. The van der Waals surface area contributed by atoms with Crippen molar-refractivity contribution >= 4 is 40.0 Å². The molecular weight excluding hydrogens is 443 g/mol. The van der Waals surface area contributed by atoms with Crippen LogP contribution in [-0.2, 0) is 16.0 Å². The Balaban J connectivity index is 1.16. The lowest BCUT2D eigenvalue weighted by molar-refractivity contribution is -0.136. The summed E-state index contributed by atoms with van der Waals surface area (Å²) >= 11 is 6.10. The number of hydrogen-bond acceptors (Lipinski definition) is 3. The molecule has 0 unspecified atom stereocenters. The monoisotopic (exact) mass is 468 g/mol. The van der Waals surface area contributed by atoms with Crippen LogP contribution in [0.2, 0.25) is 5.02 Å². The van der Waals surface area contributed by atoms with Gasteiger partial charge in [-0.15, -0.1) is 0 Å². The number of fused-ring (bicyclic) bond motifs is 1. The van der Waals surface area contributed by atoms with Crippen LogP contribution in [0, 0.1) is 11.7 Å². The number of amides is 2. The van der Waals surface area contributed by atoms with E-state index in [0.29, 0.717) is 37.6 Å². The molecule has 1 atom stereocenters. The number of carbonyl (C=O) groups excluding carboxylic acids is 2. The quantitative estimate of drug-likeness (QED) is 0.621. The molecule has 2 aliphatic rings. The van der Waals surface area contributed by atoms with Crippen molar-refractivity contribution in [2.24, 2.45) is 5.92 Å². The zero-order valence-electron chi connectivity index (χ0n) is 18.3. The highest BCUT2D eigenvalue weighted by Crippen LogP contribution is 2.25. The van der Waals surface area contributed by atoms with Crippen molar-refractivity contribution in [2.75, 3.05) is 44.2 Å². The van der Waals surface area contributed by atoms with Crippen molar-refractivity contribution < 1.29 is 14.0 Å². The highest BCUT2D eigenvalue weighted by atomic mass is 35.5. The highest BCUT2D eigenvalue weighted by molar-refractivity contribution is 6.30. The molecule has 172 valence electrons. The summed E-state index contributed by atoms with van der Waals surface area (Å²) in [5.74, 6) is -0.500. The first-order valence-electron chi connectivity index (χ1n) is 11.3. The van der Waals surface area contributed by atoms with E-state index in [1.807, 2.05) is 35.4 Å². The summed E-state index contributed by atoms with van der Waals surface area (Å²) in [5, 5.41) is 1.54. The fourth-order valence-electron chi connectivity index (χ4n) is 4.88. The van der Waals surface area contributed by atoms with Gasteiger partial charge in [0.15, 0.2) is 0 Å². The topological polar surface area (TPSA) is 59.7 Å². The van der Waals surface area contributed by atoms with Crippen molar-refractivity contribution in [3.8, 4) is 0 Å². The standard InChI is InChI=1S/C25H26ClFN4O2/c26-19-2-1-3-21(13-19)29-8-10-30(11-9-29)25(33)18-12-24(32)31(16-18)7-6-17-15-28-23-5-4-20(27)14-22(17)23/h1-5,13-15,18,28H,6-12,16H2/t18-/m1/s1. The number of likely N-dealkylation sites (tertiary alicyclic amines) is 1. The van der Waals surface area contributed by atoms with Gasteiger partial charge in [0, 0.05) is 73.5 Å². The van der Waals surface area contributed by atoms with Gasteiger partial charge in [-0.25, -0.2) is 4.39 Å². The molecule has 2 aromatic carbocycles. The number of halogens is 2. The molecule has 5 rings (SSSR count). The summed E-state index contributed by atoms with van der Waals surface area (Å²) in [5.41, 5.74) is 2.92. The molecule has 1 aromatic heterocycles. The number of piperazine rings is 1. The van der Waals surface area contributed by atoms with Crippen LogP contribution >= 0.6 is 11.6 Å². The third-order valence-corrected chi connectivity index (χ3v) is 6.94. The Morgan fingerprint density at radius 1 is 1.12 bits per heavy atom. The molecule has 0 radical (unpaired) electrons. The van der Waals surface area contributed by atoms with Crippen LogP contribution in [-0.4, -0.2) is 65.9 Å². The molecule has 0 aliphatic carbocycles. The summed E-state index contributed by atoms with van der Waals surface area (Å²) in [7, 11) is 0. The van der Waals surface area contributed by atoms with Crippen molar-refractivity contribution in [3.05, 3.63) is 65.1 Å². The molecule has 2 amide bonds. The van der Waals surface area contributed by atoms with Gasteiger partial charge >= 0.3 is 0 Å². The average molecular weight is 469 g/mol. The maximum absolute atomic E-state index is 13.6. The van der Waals surface area contributed by atoms with E-state index in [2.05, 4.69) is 9.88 Å². The van der Waals surface area contributed by atoms with E-state index < -0.39 is 0 Å². The summed E-state index contributed by atoms with van der Waals surface area (Å²) in [6.07, 6.45) is 2.75. The molecule has 2 aliphatic heterocycles. The normalized spacial score (nSPS) is 19.0. The van der Waals surface area contributed by atoms with E-state index >= 15 is 0 Å². The number of aromatic amines is 1. The Hall–Kier alpha value is -3.06. The molecule has 0 spiro atoms. The molecule has 33 heavy (non-hydrogen) atoms. The van der Waals surface area contributed by atoms with E-state index in [4.69, 9.17) is 11.6 Å².